The summed E-state index contributed by atoms with van der Waals surface area (Å²) in [6.07, 6.45) is 0.278. The molecule has 0 fully saturated rings. The van der Waals surface area contributed by atoms with Crippen molar-refractivity contribution in [3.05, 3.63) is 62.5 Å². The molecule has 0 atom stereocenters. The van der Waals surface area contributed by atoms with Crippen LogP contribution in [0, 0.1) is 0 Å². The normalized spacial score (nSPS) is 10.3. The van der Waals surface area contributed by atoms with Crippen LogP contribution < -0.4 is 11.1 Å². The fourth-order valence-electron chi connectivity index (χ4n) is 1.80. The number of hydrogen-bond acceptors (Lipinski definition) is 2. The highest BCUT2D eigenvalue weighted by molar-refractivity contribution is 9.13. The van der Waals surface area contributed by atoms with Gasteiger partial charge in [-0.25, -0.2) is 0 Å². The van der Waals surface area contributed by atoms with Crippen LogP contribution in [0.1, 0.15) is 11.1 Å². The van der Waals surface area contributed by atoms with Crippen molar-refractivity contribution in [2.45, 2.75) is 13.0 Å². The van der Waals surface area contributed by atoms with E-state index in [0.717, 1.165) is 26.7 Å². The molecule has 2 aromatic carbocycles. The van der Waals surface area contributed by atoms with E-state index in [2.05, 4.69) is 49.3 Å². The van der Waals surface area contributed by atoms with Gasteiger partial charge in [0.1, 0.15) is 0 Å². The first-order chi connectivity index (χ1) is 9.54. The number of carbonyl (C=O) groups excluding carboxylic acids is 1. The molecule has 2 rings (SSSR count). The standard InChI is InChI=1S/C15H14Br2N2O/c16-13-6-3-11(7-14(13)17)9-19-12-4-1-10(2-5-12)8-15(18)20/h1-7,19H,8-9H2,(H2,18,20). The van der Waals surface area contributed by atoms with Crippen molar-refractivity contribution in [3.8, 4) is 0 Å². The van der Waals surface area contributed by atoms with Gasteiger partial charge >= 0.3 is 0 Å². The molecule has 0 heterocycles. The number of amides is 1. The molecule has 3 N–H and O–H groups in total. The number of nitrogens with one attached hydrogen (secondary N) is 1. The van der Waals surface area contributed by atoms with Gasteiger partial charge in [-0.05, 0) is 67.3 Å². The fourth-order valence-corrected chi connectivity index (χ4v) is 2.47. The van der Waals surface area contributed by atoms with Gasteiger partial charge in [0.2, 0.25) is 5.91 Å². The fraction of sp³-hybridized carbons (Fsp3) is 0.133. The molecule has 20 heavy (non-hydrogen) atoms. The van der Waals surface area contributed by atoms with Crippen molar-refractivity contribution in [1.82, 2.24) is 0 Å². The number of anilines is 1. The highest BCUT2D eigenvalue weighted by Crippen LogP contribution is 2.24. The molecule has 0 saturated carbocycles. The Hall–Kier alpha value is -1.33. The van der Waals surface area contributed by atoms with E-state index in [-0.39, 0.29) is 12.3 Å². The van der Waals surface area contributed by atoms with Gasteiger partial charge in [0.05, 0.1) is 6.42 Å². The summed E-state index contributed by atoms with van der Waals surface area (Å²) in [4.78, 5) is 10.8. The zero-order valence-electron chi connectivity index (χ0n) is 10.7. The molecule has 104 valence electrons. The number of nitrogens with two attached hydrogens (primary N) is 1. The van der Waals surface area contributed by atoms with Crippen molar-refractivity contribution in [1.29, 1.82) is 0 Å². The van der Waals surface area contributed by atoms with Crippen molar-refractivity contribution in [2.75, 3.05) is 5.32 Å². The van der Waals surface area contributed by atoms with Crippen LogP contribution in [0.15, 0.2) is 51.4 Å². The third kappa shape index (κ3) is 4.35. The van der Waals surface area contributed by atoms with Gasteiger partial charge in [-0.3, -0.25) is 4.79 Å². The summed E-state index contributed by atoms with van der Waals surface area (Å²) in [6.45, 7) is 0.737. The lowest BCUT2D eigenvalue weighted by Gasteiger charge is -2.08. The number of benzene rings is 2. The van der Waals surface area contributed by atoms with E-state index in [1.807, 2.05) is 30.3 Å². The lowest BCUT2D eigenvalue weighted by Crippen LogP contribution is -2.13. The molecule has 0 aliphatic heterocycles. The Morgan fingerprint density at radius 1 is 1.00 bits per heavy atom. The number of carbonyl (C=O) groups is 1. The summed E-state index contributed by atoms with van der Waals surface area (Å²) in [5, 5.41) is 3.34. The summed E-state index contributed by atoms with van der Waals surface area (Å²) in [7, 11) is 0. The second-order valence-electron chi connectivity index (χ2n) is 4.44. The van der Waals surface area contributed by atoms with E-state index in [9.17, 15) is 4.79 Å². The Morgan fingerprint density at radius 3 is 2.25 bits per heavy atom. The molecular weight excluding hydrogens is 384 g/mol. The maximum absolute atomic E-state index is 10.8. The van der Waals surface area contributed by atoms with Gasteiger partial charge in [-0.2, -0.15) is 0 Å². The summed E-state index contributed by atoms with van der Waals surface area (Å²) in [5.74, 6) is -0.314. The molecule has 0 radical (unpaired) electrons. The predicted octanol–water partition coefficient (Wildman–Crippen LogP) is 3.85. The Labute approximate surface area is 134 Å². The zero-order valence-corrected chi connectivity index (χ0v) is 13.9. The largest absolute Gasteiger partial charge is 0.381 e. The maximum atomic E-state index is 10.8. The van der Waals surface area contributed by atoms with E-state index < -0.39 is 0 Å². The molecule has 0 aliphatic rings. The van der Waals surface area contributed by atoms with Gasteiger partial charge in [0.15, 0.2) is 0 Å². The Kier molecular flexibility index (Phi) is 5.20. The zero-order chi connectivity index (χ0) is 14.5. The third-order valence-corrected chi connectivity index (χ3v) is 4.69. The van der Waals surface area contributed by atoms with Crippen LogP contribution in [0.2, 0.25) is 0 Å². The smallest absolute Gasteiger partial charge is 0.221 e. The Bertz CT molecular complexity index is 612. The predicted molar refractivity (Wildman–Crippen MR) is 88.5 cm³/mol. The SMILES string of the molecule is NC(=O)Cc1ccc(NCc2ccc(Br)c(Br)c2)cc1. The topological polar surface area (TPSA) is 55.1 Å². The number of halogens is 2. The molecule has 0 bridgehead atoms. The first-order valence-corrected chi connectivity index (χ1v) is 7.68. The van der Waals surface area contributed by atoms with Crippen LogP contribution >= 0.6 is 31.9 Å². The second-order valence-corrected chi connectivity index (χ2v) is 6.15. The average molecular weight is 398 g/mol. The molecule has 5 heteroatoms. The van der Waals surface area contributed by atoms with Crippen LogP contribution in [0.25, 0.3) is 0 Å². The van der Waals surface area contributed by atoms with E-state index >= 15 is 0 Å². The highest BCUT2D eigenvalue weighted by Gasteiger charge is 2.01. The van der Waals surface area contributed by atoms with Gasteiger partial charge in [-0.1, -0.05) is 18.2 Å². The van der Waals surface area contributed by atoms with Gasteiger partial charge in [0, 0.05) is 21.2 Å². The molecule has 0 saturated heterocycles. The Balaban J connectivity index is 1.96. The molecule has 0 unspecified atom stereocenters. The Morgan fingerprint density at radius 2 is 1.65 bits per heavy atom. The molecule has 0 aromatic heterocycles. The van der Waals surface area contributed by atoms with Gasteiger partial charge in [-0.15, -0.1) is 0 Å². The first kappa shape index (κ1) is 15.1. The van der Waals surface area contributed by atoms with Crippen molar-refractivity contribution in [2.24, 2.45) is 5.73 Å². The summed E-state index contributed by atoms with van der Waals surface area (Å²) in [5.41, 5.74) is 8.28. The maximum Gasteiger partial charge on any atom is 0.221 e. The minimum Gasteiger partial charge on any atom is -0.381 e. The van der Waals surface area contributed by atoms with Crippen LogP contribution in [-0.2, 0) is 17.8 Å². The molecule has 3 nitrogen and oxygen atoms in total. The minimum absolute atomic E-state index is 0.278. The van der Waals surface area contributed by atoms with Crippen molar-refractivity contribution in [3.63, 3.8) is 0 Å². The van der Waals surface area contributed by atoms with E-state index in [1.54, 1.807) is 0 Å². The monoisotopic (exact) mass is 396 g/mol. The number of hydrogen-bond donors (Lipinski definition) is 2. The van der Waals surface area contributed by atoms with E-state index in [1.165, 1.54) is 5.56 Å². The molecular formula is C15H14Br2N2O. The lowest BCUT2D eigenvalue weighted by molar-refractivity contribution is -0.117. The second kappa shape index (κ2) is 6.90. The van der Waals surface area contributed by atoms with Crippen LogP contribution in [0.5, 0.6) is 0 Å². The molecule has 0 spiro atoms. The van der Waals surface area contributed by atoms with E-state index in [0.29, 0.717) is 0 Å². The van der Waals surface area contributed by atoms with Crippen molar-refractivity contribution >= 4 is 43.5 Å². The highest BCUT2D eigenvalue weighted by atomic mass is 79.9. The lowest BCUT2D eigenvalue weighted by atomic mass is 10.1. The van der Waals surface area contributed by atoms with E-state index in [4.69, 9.17) is 5.73 Å². The average Bonchev–Trinajstić information content (AvgIpc) is 2.41. The summed E-state index contributed by atoms with van der Waals surface area (Å²) in [6, 6.07) is 13.9. The third-order valence-electron chi connectivity index (χ3n) is 2.81. The molecule has 1 amide bonds. The van der Waals surface area contributed by atoms with Gasteiger partial charge < -0.3 is 11.1 Å². The van der Waals surface area contributed by atoms with Crippen LogP contribution in [0.4, 0.5) is 5.69 Å². The summed E-state index contributed by atoms with van der Waals surface area (Å²) >= 11 is 6.93. The van der Waals surface area contributed by atoms with Crippen LogP contribution in [0.3, 0.4) is 0 Å². The quantitative estimate of drug-likeness (QED) is 0.804. The van der Waals surface area contributed by atoms with Gasteiger partial charge in [0.25, 0.3) is 0 Å². The summed E-state index contributed by atoms with van der Waals surface area (Å²) < 4.78 is 2.07. The minimum atomic E-state index is -0.314. The van der Waals surface area contributed by atoms with Crippen LogP contribution in [-0.4, -0.2) is 5.91 Å². The number of primary amides is 1. The van der Waals surface area contributed by atoms with Crippen molar-refractivity contribution < 1.29 is 4.79 Å². The molecule has 0 aliphatic carbocycles. The molecule has 2 aromatic rings. The first-order valence-electron chi connectivity index (χ1n) is 6.09. The number of rotatable bonds is 5.